The predicted octanol–water partition coefficient (Wildman–Crippen LogP) is 0.412. The fraction of sp³-hybridized carbons (Fsp3) is 0.692. The molecule has 9 nitrogen and oxygen atoms in total. The van der Waals surface area contributed by atoms with Crippen LogP contribution >= 0.6 is 22.6 Å². The molecule has 1 fully saturated rings. The molecule has 0 N–H and O–H groups in total. The molecule has 0 bridgehead atoms. The molecule has 136 valence electrons. The lowest BCUT2D eigenvalue weighted by molar-refractivity contribution is -0.276. The molecule has 0 aromatic rings. The molecule has 1 aliphatic heterocycles. The summed E-state index contributed by atoms with van der Waals surface area (Å²) in [6, 6.07) is 0. The van der Waals surface area contributed by atoms with Gasteiger partial charge in [0, 0.05) is 20.8 Å². The summed E-state index contributed by atoms with van der Waals surface area (Å²) in [6.07, 6.45) is -7.29. The maximum absolute atomic E-state index is 14.4. The first kappa shape index (κ1) is 20.5. The first-order chi connectivity index (χ1) is 11.0. The maximum Gasteiger partial charge on any atom is 0.352 e. The summed E-state index contributed by atoms with van der Waals surface area (Å²) in [5.41, 5.74) is 0. The van der Waals surface area contributed by atoms with Crippen LogP contribution in [0.4, 0.5) is 4.39 Å². The summed E-state index contributed by atoms with van der Waals surface area (Å²) in [5.74, 6) is -3.68. The SMILES string of the molecule is COC(=O)C1(I)OC(F)C(OC(C)=O)C(OC(C)=O)C1OC(C)=O. The van der Waals surface area contributed by atoms with Crippen LogP contribution in [-0.2, 0) is 42.9 Å². The van der Waals surface area contributed by atoms with E-state index in [1.165, 1.54) is 22.6 Å². The molecule has 0 aromatic carbocycles. The molecule has 0 amide bonds. The van der Waals surface area contributed by atoms with E-state index >= 15 is 0 Å². The lowest BCUT2D eigenvalue weighted by Crippen LogP contribution is -2.66. The topological polar surface area (TPSA) is 114 Å². The highest BCUT2D eigenvalue weighted by molar-refractivity contribution is 14.1. The number of carbonyl (C=O) groups is 4. The molecule has 0 aliphatic carbocycles. The molecule has 0 spiro atoms. The number of esters is 4. The number of alkyl halides is 2. The van der Waals surface area contributed by atoms with E-state index < -0.39 is 52.2 Å². The molecule has 0 radical (unpaired) electrons. The van der Waals surface area contributed by atoms with Gasteiger partial charge in [-0.1, -0.05) is 0 Å². The number of ether oxygens (including phenoxy) is 5. The Balaban J connectivity index is 3.37. The van der Waals surface area contributed by atoms with E-state index in [-0.39, 0.29) is 0 Å². The minimum absolute atomic E-state index is 0.857. The van der Waals surface area contributed by atoms with Gasteiger partial charge in [0.2, 0.25) is 6.36 Å². The van der Waals surface area contributed by atoms with E-state index in [0.29, 0.717) is 0 Å². The van der Waals surface area contributed by atoms with Crippen molar-refractivity contribution in [1.82, 2.24) is 0 Å². The van der Waals surface area contributed by atoms with E-state index in [1.54, 1.807) is 0 Å². The van der Waals surface area contributed by atoms with Gasteiger partial charge < -0.3 is 23.7 Å². The van der Waals surface area contributed by atoms with Gasteiger partial charge in [-0.2, -0.15) is 0 Å². The Labute approximate surface area is 150 Å². The van der Waals surface area contributed by atoms with E-state index in [1.807, 2.05) is 0 Å². The second-order valence-electron chi connectivity index (χ2n) is 4.78. The molecule has 5 atom stereocenters. The minimum atomic E-state index is -2.33. The van der Waals surface area contributed by atoms with Crippen LogP contribution < -0.4 is 0 Å². The van der Waals surface area contributed by atoms with Crippen LogP contribution in [-0.4, -0.2) is 59.3 Å². The summed E-state index contributed by atoms with van der Waals surface area (Å²) in [5, 5.41) is 0. The van der Waals surface area contributed by atoms with E-state index in [9.17, 15) is 23.6 Å². The first-order valence-electron chi connectivity index (χ1n) is 6.63. The Morgan fingerprint density at radius 3 is 1.83 bits per heavy atom. The molecule has 1 rings (SSSR count). The molecule has 1 aliphatic rings. The van der Waals surface area contributed by atoms with Crippen LogP contribution in [0.15, 0.2) is 0 Å². The fourth-order valence-electron chi connectivity index (χ4n) is 2.09. The van der Waals surface area contributed by atoms with Crippen LogP contribution in [0.3, 0.4) is 0 Å². The Morgan fingerprint density at radius 2 is 1.42 bits per heavy atom. The molecular weight excluding hydrogens is 446 g/mol. The Kier molecular flexibility index (Phi) is 6.89. The summed E-state index contributed by atoms with van der Waals surface area (Å²) < 4.78 is 36.5. The lowest BCUT2D eigenvalue weighted by Gasteiger charge is -2.44. The average molecular weight is 462 g/mol. The van der Waals surface area contributed by atoms with Crippen molar-refractivity contribution < 1.29 is 47.3 Å². The molecule has 0 aromatic heterocycles. The molecule has 1 saturated heterocycles. The maximum atomic E-state index is 14.4. The highest BCUT2D eigenvalue weighted by Gasteiger charge is 2.63. The zero-order valence-corrected chi connectivity index (χ0v) is 15.4. The summed E-state index contributed by atoms with van der Waals surface area (Å²) >= 11 is 1.39. The largest absolute Gasteiger partial charge is 0.466 e. The van der Waals surface area contributed by atoms with Crippen molar-refractivity contribution in [2.45, 2.75) is 49.0 Å². The van der Waals surface area contributed by atoms with Crippen molar-refractivity contribution in [2.24, 2.45) is 0 Å². The summed E-state index contributed by atoms with van der Waals surface area (Å²) in [4.78, 5) is 45.9. The smallest absolute Gasteiger partial charge is 0.352 e. The lowest BCUT2D eigenvalue weighted by atomic mass is 9.98. The molecule has 0 saturated carbocycles. The van der Waals surface area contributed by atoms with Crippen LogP contribution in [0, 0.1) is 0 Å². The van der Waals surface area contributed by atoms with Crippen LogP contribution in [0.2, 0.25) is 0 Å². The second kappa shape index (κ2) is 8.05. The molecule has 5 unspecified atom stereocenters. The number of hydrogen-bond donors (Lipinski definition) is 0. The Bertz CT molecular complexity index is 540. The Hall–Kier alpha value is -1.50. The monoisotopic (exact) mass is 462 g/mol. The first-order valence-corrected chi connectivity index (χ1v) is 7.71. The normalized spacial score (nSPS) is 32.4. The number of rotatable bonds is 4. The van der Waals surface area contributed by atoms with Crippen molar-refractivity contribution in [3.63, 3.8) is 0 Å². The number of hydrogen-bond acceptors (Lipinski definition) is 9. The van der Waals surface area contributed by atoms with Gasteiger partial charge in [-0.05, 0) is 22.6 Å². The van der Waals surface area contributed by atoms with E-state index in [0.717, 1.165) is 27.9 Å². The number of halogens is 2. The van der Waals surface area contributed by atoms with Crippen molar-refractivity contribution in [3.05, 3.63) is 0 Å². The van der Waals surface area contributed by atoms with E-state index in [4.69, 9.17) is 18.9 Å². The third kappa shape index (κ3) is 4.53. The number of methoxy groups -OCH3 is 1. The van der Waals surface area contributed by atoms with Gasteiger partial charge in [-0.3, -0.25) is 14.4 Å². The zero-order chi connectivity index (χ0) is 18.7. The molecule has 24 heavy (non-hydrogen) atoms. The summed E-state index contributed by atoms with van der Waals surface area (Å²) in [7, 11) is 1.02. The highest BCUT2D eigenvalue weighted by atomic mass is 127. The van der Waals surface area contributed by atoms with Crippen molar-refractivity contribution in [1.29, 1.82) is 0 Å². The number of carbonyl (C=O) groups excluding carboxylic acids is 4. The quantitative estimate of drug-likeness (QED) is 0.254. The van der Waals surface area contributed by atoms with Gasteiger partial charge in [0.1, 0.15) is 0 Å². The van der Waals surface area contributed by atoms with E-state index in [2.05, 4.69) is 4.74 Å². The van der Waals surface area contributed by atoms with Gasteiger partial charge in [-0.15, -0.1) is 0 Å². The van der Waals surface area contributed by atoms with Gasteiger partial charge in [0.05, 0.1) is 7.11 Å². The predicted molar refractivity (Wildman–Crippen MR) is 81.4 cm³/mol. The zero-order valence-electron chi connectivity index (χ0n) is 13.2. The Morgan fingerprint density at radius 1 is 0.958 bits per heavy atom. The van der Waals surface area contributed by atoms with Crippen LogP contribution in [0.25, 0.3) is 0 Å². The van der Waals surface area contributed by atoms with Crippen molar-refractivity contribution in [3.8, 4) is 0 Å². The molecular formula is C13H16FIO9. The standard InChI is InChI=1S/C13H16FIO9/c1-5(16)21-8-9(22-6(2)17)11(14)24-13(15,12(19)20-4)10(8)23-7(3)18/h8-11H,1-4H3. The minimum Gasteiger partial charge on any atom is -0.466 e. The molecule has 11 heteroatoms. The van der Waals surface area contributed by atoms with Crippen molar-refractivity contribution in [2.75, 3.05) is 7.11 Å². The molecule has 1 heterocycles. The van der Waals surface area contributed by atoms with Gasteiger partial charge >= 0.3 is 23.9 Å². The third-order valence-electron chi connectivity index (χ3n) is 2.89. The van der Waals surface area contributed by atoms with Crippen molar-refractivity contribution >= 4 is 46.5 Å². The van der Waals surface area contributed by atoms with Crippen LogP contribution in [0.5, 0.6) is 0 Å². The summed E-state index contributed by atoms with van der Waals surface area (Å²) in [6.45, 7) is 3.05. The fourth-order valence-corrected chi connectivity index (χ4v) is 3.03. The van der Waals surface area contributed by atoms with Gasteiger partial charge in [0.25, 0.3) is 3.61 Å². The third-order valence-corrected chi connectivity index (χ3v) is 4.20. The van der Waals surface area contributed by atoms with Gasteiger partial charge in [0.15, 0.2) is 18.3 Å². The average Bonchev–Trinajstić information content (AvgIpc) is 2.45. The highest BCUT2D eigenvalue weighted by Crippen LogP contribution is 2.41. The van der Waals surface area contributed by atoms with Gasteiger partial charge in [-0.25, -0.2) is 9.18 Å². The second-order valence-corrected chi connectivity index (χ2v) is 6.39. The van der Waals surface area contributed by atoms with Crippen LogP contribution in [0.1, 0.15) is 20.8 Å².